The first kappa shape index (κ1) is 30.7. The number of phenolic OH excluding ortho intramolecular Hbond substituents is 1. The van der Waals surface area contributed by atoms with Gasteiger partial charge in [0.2, 0.25) is 17.7 Å². The monoisotopic (exact) mass is 591 g/mol. The normalized spacial score (nSPS) is 13.9. The molecule has 43 heavy (non-hydrogen) atoms. The third-order valence-electron chi connectivity index (χ3n) is 6.87. The van der Waals surface area contributed by atoms with E-state index in [0.29, 0.717) is 16.8 Å². The molecule has 0 bridgehead atoms. The zero-order valence-electron chi connectivity index (χ0n) is 23.0. The van der Waals surface area contributed by atoms with Gasteiger partial charge in [-0.1, -0.05) is 30.3 Å². The number of aliphatic hydroxyl groups is 1. The lowest BCUT2D eigenvalue weighted by atomic mass is 10.0. The van der Waals surface area contributed by atoms with Crippen LogP contribution in [0.2, 0.25) is 0 Å². The van der Waals surface area contributed by atoms with Crippen molar-refractivity contribution < 1.29 is 34.5 Å². The second-order valence-corrected chi connectivity index (χ2v) is 10.0. The molecule has 0 aliphatic rings. The highest BCUT2D eigenvalue weighted by molar-refractivity contribution is 5.95. The Morgan fingerprint density at radius 3 is 2.14 bits per heavy atom. The van der Waals surface area contributed by atoms with Crippen LogP contribution in [0.4, 0.5) is 0 Å². The number of carbonyl (C=O) groups excluding carboxylic acids is 3. The number of nitrogens with two attached hydrogens (primary N) is 1. The van der Waals surface area contributed by atoms with Crippen LogP contribution >= 0.6 is 0 Å². The Balaban J connectivity index is 1.59. The molecule has 0 aliphatic heterocycles. The second kappa shape index (κ2) is 14.1. The van der Waals surface area contributed by atoms with Crippen LogP contribution in [-0.4, -0.2) is 84.7 Å². The van der Waals surface area contributed by atoms with E-state index in [2.05, 4.69) is 30.9 Å². The van der Waals surface area contributed by atoms with Crippen molar-refractivity contribution >= 4 is 34.6 Å². The number of amides is 3. The van der Waals surface area contributed by atoms with E-state index in [1.165, 1.54) is 24.7 Å². The molecule has 3 amide bonds. The van der Waals surface area contributed by atoms with Crippen molar-refractivity contribution in [1.82, 2.24) is 30.9 Å². The molecule has 0 radical (unpaired) electrons. The number of aromatic amines is 2. The maximum absolute atomic E-state index is 13.6. The molecule has 14 nitrogen and oxygen atoms in total. The van der Waals surface area contributed by atoms with Crippen molar-refractivity contribution in [1.29, 1.82) is 0 Å². The number of fused-ring (bicyclic) bond motifs is 1. The van der Waals surface area contributed by atoms with Gasteiger partial charge in [0.1, 0.15) is 29.9 Å². The third-order valence-corrected chi connectivity index (χ3v) is 6.87. The minimum Gasteiger partial charge on any atom is -0.508 e. The van der Waals surface area contributed by atoms with Crippen LogP contribution in [0.15, 0.2) is 67.3 Å². The average molecular weight is 592 g/mol. The Kier molecular flexibility index (Phi) is 10.1. The summed E-state index contributed by atoms with van der Waals surface area (Å²) >= 11 is 0. The topological polar surface area (TPSA) is 236 Å². The lowest BCUT2D eigenvalue weighted by molar-refractivity contribution is -0.142. The van der Waals surface area contributed by atoms with Gasteiger partial charge in [0, 0.05) is 48.3 Å². The number of phenols is 1. The number of hydrogen-bond donors (Lipinski definition) is 9. The quantitative estimate of drug-likeness (QED) is 0.0916. The fourth-order valence-electron chi connectivity index (χ4n) is 4.53. The molecule has 0 saturated heterocycles. The van der Waals surface area contributed by atoms with Crippen LogP contribution in [0.1, 0.15) is 16.8 Å². The Bertz CT molecular complexity index is 1550. The largest absolute Gasteiger partial charge is 0.508 e. The first-order chi connectivity index (χ1) is 20.6. The summed E-state index contributed by atoms with van der Waals surface area (Å²) in [4.78, 5) is 61.7. The molecule has 2 aromatic carbocycles. The summed E-state index contributed by atoms with van der Waals surface area (Å²) in [6, 6.07) is 8.19. The van der Waals surface area contributed by atoms with Gasteiger partial charge in [0.25, 0.3) is 0 Å². The number of carboxylic acids is 1. The second-order valence-electron chi connectivity index (χ2n) is 10.0. The highest BCUT2D eigenvalue weighted by atomic mass is 16.4. The van der Waals surface area contributed by atoms with Crippen LogP contribution in [-0.2, 0) is 38.4 Å². The predicted octanol–water partition coefficient (Wildman–Crippen LogP) is -0.517. The van der Waals surface area contributed by atoms with E-state index in [9.17, 15) is 34.5 Å². The number of aliphatic carboxylic acids is 1. The zero-order chi connectivity index (χ0) is 30.9. The van der Waals surface area contributed by atoms with Gasteiger partial charge in [-0.25, -0.2) is 9.78 Å². The maximum atomic E-state index is 13.6. The summed E-state index contributed by atoms with van der Waals surface area (Å²) in [5.74, 6) is -3.56. The van der Waals surface area contributed by atoms with Crippen LogP contribution in [0, 0.1) is 0 Å². The number of aromatic hydroxyl groups is 1. The number of para-hydroxylation sites is 1. The van der Waals surface area contributed by atoms with Crippen LogP contribution in [0.3, 0.4) is 0 Å². The summed E-state index contributed by atoms with van der Waals surface area (Å²) in [7, 11) is 0. The van der Waals surface area contributed by atoms with Gasteiger partial charge in [-0.2, -0.15) is 0 Å². The number of carbonyl (C=O) groups is 4. The van der Waals surface area contributed by atoms with E-state index < -0.39 is 54.5 Å². The molecule has 4 atom stereocenters. The van der Waals surface area contributed by atoms with Crippen molar-refractivity contribution in [2.45, 2.75) is 43.4 Å². The lowest BCUT2D eigenvalue weighted by Crippen LogP contribution is -2.58. The number of hydrogen-bond acceptors (Lipinski definition) is 8. The van der Waals surface area contributed by atoms with Crippen LogP contribution in [0.25, 0.3) is 10.9 Å². The number of rotatable bonds is 14. The van der Waals surface area contributed by atoms with E-state index >= 15 is 0 Å². The third kappa shape index (κ3) is 8.18. The van der Waals surface area contributed by atoms with E-state index in [0.717, 1.165) is 10.9 Å². The molecule has 226 valence electrons. The molecular weight excluding hydrogens is 558 g/mol. The highest BCUT2D eigenvalue weighted by Gasteiger charge is 2.31. The van der Waals surface area contributed by atoms with Crippen molar-refractivity contribution in [2.24, 2.45) is 5.73 Å². The predicted molar refractivity (Wildman–Crippen MR) is 155 cm³/mol. The van der Waals surface area contributed by atoms with Gasteiger partial charge < -0.3 is 47.0 Å². The molecule has 0 fully saturated rings. The van der Waals surface area contributed by atoms with Crippen molar-refractivity contribution in [3.8, 4) is 5.75 Å². The number of aliphatic hydroxyl groups excluding tert-OH is 1. The standard InChI is InChI=1S/C29H33N7O7/c30-21(14-37)26(39)34-24(11-18-13-31-15-33-18)28(41)35-23(10-17-12-32-22-4-2-1-3-20(17)22)27(40)36-25(29(42)43)9-16-5-7-19(38)8-6-16/h1-8,12-13,15,21,23-25,32,37-38H,9-11,14,30H2,(H,31,33)(H,34,39)(H,35,41)(H,36,40)(H,42,43). The Morgan fingerprint density at radius 1 is 0.837 bits per heavy atom. The van der Waals surface area contributed by atoms with E-state index in [1.807, 2.05) is 24.3 Å². The first-order valence-corrected chi connectivity index (χ1v) is 13.4. The van der Waals surface area contributed by atoms with Crippen molar-refractivity contribution in [3.63, 3.8) is 0 Å². The minimum absolute atomic E-state index is 0.00594. The van der Waals surface area contributed by atoms with Gasteiger partial charge in [0.15, 0.2) is 0 Å². The summed E-state index contributed by atoms with van der Waals surface area (Å²) in [6.45, 7) is -0.645. The molecule has 0 saturated carbocycles. The van der Waals surface area contributed by atoms with E-state index in [1.54, 1.807) is 18.3 Å². The molecule has 0 spiro atoms. The summed E-state index contributed by atoms with van der Waals surface area (Å²) in [6.07, 6.45) is 4.46. The molecule has 4 unspecified atom stereocenters. The van der Waals surface area contributed by atoms with Gasteiger partial charge >= 0.3 is 5.97 Å². The Labute approximate surface area is 245 Å². The lowest BCUT2D eigenvalue weighted by Gasteiger charge is -2.25. The number of benzene rings is 2. The highest BCUT2D eigenvalue weighted by Crippen LogP contribution is 2.20. The van der Waals surface area contributed by atoms with Gasteiger partial charge in [-0.3, -0.25) is 14.4 Å². The SMILES string of the molecule is NC(CO)C(=O)NC(Cc1cnc[nH]1)C(=O)NC(Cc1c[nH]c2ccccc12)C(=O)NC(Cc1ccc(O)cc1)C(=O)O. The van der Waals surface area contributed by atoms with Crippen LogP contribution in [0.5, 0.6) is 5.75 Å². The minimum atomic E-state index is -1.34. The van der Waals surface area contributed by atoms with Crippen LogP contribution < -0.4 is 21.7 Å². The van der Waals surface area contributed by atoms with Crippen molar-refractivity contribution in [2.75, 3.05) is 6.61 Å². The molecule has 2 aromatic heterocycles. The molecule has 4 rings (SSSR count). The molecule has 2 heterocycles. The Hall–Kier alpha value is -5.21. The average Bonchev–Trinajstić information content (AvgIpc) is 3.66. The first-order valence-electron chi connectivity index (χ1n) is 13.4. The zero-order valence-corrected chi connectivity index (χ0v) is 23.0. The number of nitrogens with one attached hydrogen (secondary N) is 5. The van der Waals surface area contributed by atoms with Crippen molar-refractivity contribution in [3.05, 3.63) is 84.1 Å². The molecule has 14 heteroatoms. The van der Waals surface area contributed by atoms with E-state index in [-0.39, 0.29) is 25.0 Å². The molecular formula is C29H33N7O7. The Morgan fingerprint density at radius 2 is 1.49 bits per heavy atom. The smallest absolute Gasteiger partial charge is 0.326 e. The number of nitrogens with zero attached hydrogens (tertiary/aromatic N) is 1. The summed E-state index contributed by atoms with van der Waals surface area (Å²) in [5, 5.41) is 37.2. The molecule has 0 aliphatic carbocycles. The maximum Gasteiger partial charge on any atom is 0.326 e. The summed E-state index contributed by atoms with van der Waals surface area (Å²) in [5.41, 5.74) is 8.20. The fourth-order valence-corrected chi connectivity index (χ4v) is 4.53. The number of carboxylic acid groups (broad SMARTS) is 1. The molecule has 10 N–H and O–H groups in total. The summed E-state index contributed by atoms with van der Waals surface area (Å²) < 4.78 is 0. The number of imidazole rings is 1. The van der Waals surface area contributed by atoms with Gasteiger partial charge in [0.05, 0.1) is 12.9 Å². The van der Waals surface area contributed by atoms with Gasteiger partial charge in [-0.05, 0) is 29.3 Å². The van der Waals surface area contributed by atoms with Gasteiger partial charge in [-0.15, -0.1) is 0 Å². The fraction of sp³-hybridized carbons (Fsp3) is 0.276. The molecule has 4 aromatic rings. The number of H-pyrrole nitrogens is 2. The number of aromatic nitrogens is 3. The van der Waals surface area contributed by atoms with E-state index in [4.69, 9.17) is 5.73 Å².